The first-order valence-electron chi connectivity index (χ1n) is 6.07. The highest BCUT2D eigenvalue weighted by Crippen LogP contribution is 2.27. The molecule has 94 valence electrons. The molecule has 0 unspecified atom stereocenters. The predicted molar refractivity (Wildman–Crippen MR) is 89.6 cm³/mol. The van der Waals surface area contributed by atoms with Crippen molar-refractivity contribution in [2.75, 3.05) is 0 Å². The Balaban J connectivity index is 3.39. The zero-order valence-electron chi connectivity index (χ0n) is 11.8. The van der Waals surface area contributed by atoms with Gasteiger partial charge in [0.2, 0.25) is 0 Å². The lowest BCUT2D eigenvalue weighted by Crippen LogP contribution is -2.20. The van der Waals surface area contributed by atoms with Gasteiger partial charge in [-0.15, -0.1) is 0 Å². The van der Waals surface area contributed by atoms with Gasteiger partial charge in [-0.05, 0) is 26.6 Å². The van der Waals surface area contributed by atoms with Gasteiger partial charge < -0.3 is 0 Å². The van der Waals surface area contributed by atoms with E-state index in [9.17, 15) is 0 Å². The highest BCUT2D eigenvalue weighted by atomic mass is 127. The minimum Gasteiger partial charge on any atom is -0.0607 e. The molecule has 0 amide bonds. The van der Waals surface area contributed by atoms with Gasteiger partial charge in [-0.2, -0.15) is 0 Å². The van der Waals surface area contributed by atoms with Crippen LogP contribution in [-0.2, 0) is 10.8 Å². The summed E-state index contributed by atoms with van der Waals surface area (Å²) in [6, 6.07) is 4.78. The van der Waals surface area contributed by atoms with Crippen LogP contribution in [0.2, 0.25) is 0 Å². The standard InChI is InChI=1S/C15H23ISi/c1-14(2,3)12-9-11(7-8-16)10-13(17-12)15(4,5)6/h7-10,17H,1-6H3/b8-7+. The predicted octanol–water partition coefficient (Wildman–Crippen LogP) is 4.76. The van der Waals surface area contributed by atoms with Crippen LogP contribution in [0.5, 0.6) is 0 Å². The van der Waals surface area contributed by atoms with Crippen LogP contribution in [0, 0.1) is 0 Å². The van der Waals surface area contributed by atoms with Gasteiger partial charge >= 0.3 is 0 Å². The smallest absolute Gasteiger partial charge is 0.0294 e. The van der Waals surface area contributed by atoms with E-state index in [-0.39, 0.29) is 0 Å². The normalized spacial score (nSPS) is 13.4. The second-order valence-electron chi connectivity index (χ2n) is 6.64. The van der Waals surface area contributed by atoms with Gasteiger partial charge in [0.05, 0.1) is 0 Å². The summed E-state index contributed by atoms with van der Waals surface area (Å²) in [6.45, 7) is 13.9. The lowest BCUT2D eigenvalue weighted by molar-refractivity contribution is 0.589. The Morgan fingerprint density at radius 1 is 0.941 bits per heavy atom. The van der Waals surface area contributed by atoms with Crippen molar-refractivity contribution >= 4 is 37.8 Å². The Labute approximate surface area is 122 Å². The Hall–Kier alpha value is 0.0369. The summed E-state index contributed by atoms with van der Waals surface area (Å²) in [6.07, 6.45) is 2.20. The van der Waals surface area contributed by atoms with Crippen molar-refractivity contribution in [3.05, 3.63) is 32.1 Å². The zero-order valence-corrected chi connectivity index (χ0v) is 15.1. The molecule has 0 bridgehead atoms. The van der Waals surface area contributed by atoms with E-state index in [1.807, 2.05) is 0 Å². The third-order valence-electron chi connectivity index (χ3n) is 2.94. The summed E-state index contributed by atoms with van der Waals surface area (Å²) in [5.74, 6) is 0. The summed E-state index contributed by atoms with van der Waals surface area (Å²) in [5, 5.41) is 3.24. The van der Waals surface area contributed by atoms with Crippen LogP contribution < -0.4 is 0 Å². The van der Waals surface area contributed by atoms with Crippen molar-refractivity contribution in [1.29, 1.82) is 0 Å². The maximum absolute atomic E-state index is 2.39. The molecule has 0 fully saturated rings. The van der Waals surface area contributed by atoms with Crippen LogP contribution in [0.1, 0.15) is 57.5 Å². The quantitative estimate of drug-likeness (QED) is 0.502. The minimum atomic E-state index is 0.293. The van der Waals surface area contributed by atoms with Crippen molar-refractivity contribution in [1.82, 2.24) is 0 Å². The summed E-state index contributed by atoms with van der Waals surface area (Å²) in [5.41, 5.74) is 1.95. The van der Waals surface area contributed by atoms with Gasteiger partial charge in [-0.25, -0.2) is 0 Å². The SMILES string of the molecule is CC(C)(C)c1cc(/C=C/I)cc(C(C)(C)C)[siH]1. The van der Waals surface area contributed by atoms with E-state index in [1.165, 1.54) is 5.56 Å². The van der Waals surface area contributed by atoms with Crippen LogP contribution in [0.3, 0.4) is 0 Å². The summed E-state index contributed by atoms with van der Waals surface area (Å²) >= 11 is 2.29. The maximum Gasteiger partial charge on any atom is 0.0294 e. The number of hydrogen-bond donors (Lipinski definition) is 0. The van der Waals surface area contributed by atoms with Crippen LogP contribution >= 0.6 is 22.6 Å². The first-order chi connectivity index (χ1) is 7.64. The molecular formula is C15H23ISi. The highest BCUT2D eigenvalue weighted by Gasteiger charge is 2.19. The van der Waals surface area contributed by atoms with Crippen LogP contribution in [0.25, 0.3) is 6.08 Å². The third-order valence-corrected chi connectivity index (χ3v) is 5.99. The van der Waals surface area contributed by atoms with Gasteiger partial charge in [-0.1, -0.05) is 86.6 Å². The molecule has 17 heavy (non-hydrogen) atoms. The Morgan fingerprint density at radius 2 is 1.35 bits per heavy atom. The van der Waals surface area contributed by atoms with Crippen LogP contribution in [0.15, 0.2) is 16.2 Å². The Bertz CT molecular complexity index is 387. The lowest BCUT2D eigenvalue weighted by atomic mass is 9.91. The molecule has 0 saturated carbocycles. The number of halogens is 1. The van der Waals surface area contributed by atoms with Crippen molar-refractivity contribution in [3.63, 3.8) is 0 Å². The van der Waals surface area contributed by atoms with Crippen molar-refractivity contribution in [3.8, 4) is 0 Å². The van der Waals surface area contributed by atoms with Crippen molar-refractivity contribution in [2.24, 2.45) is 0 Å². The highest BCUT2D eigenvalue weighted by molar-refractivity contribution is 14.1. The van der Waals surface area contributed by atoms with Crippen molar-refractivity contribution < 1.29 is 0 Å². The van der Waals surface area contributed by atoms with E-state index in [0.717, 1.165) is 0 Å². The van der Waals surface area contributed by atoms with E-state index in [2.05, 4.69) is 86.4 Å². The molecule has 0 aliphatic carbocycles. The van der Waals surface area contributed by atoms with E-state index in [1.54, 1.807) is 10.3 Å². The molecule has 0 radical (unpaired) electrons. The number of rotatable bonds is 1. The zero-order chi connectivity index (χ0) is 13.3. The Morgan fingerprint density at radius 3 is 1.65 bits per heavy atom. The van der Waals surface area contributed by atoms with E-state index in [4.69, 9.17) is 0 Å². The van der Waals surface area contributed by atoms with E-state index >= 15 is 0 Å². The van der Waals surface area contributed by atoms with Gasteiger partial charge in [-0.3, -0.25) is 0 Å². The van der Waals surface area contributed by atoms with Crippen molar-refractivity contribution in [2.45, 2.75) is 52.4 Å². The monoisotopic (exact) mass is 358 g/mol. The molecule has 1 aromatic rings. The second-order valence-corrected chi connectivity index (χ2v) is 8.89. The fourth-order valence-corrected chi connectivity index (χ4v) is 3.85. The lowest BCUT2D eigenvalue weighted by Gasteiger charge is -2.25. The first-order valence-corrected chi connectivity index (χ1v) is 8.47. The summed E-state index contributed by atoms with van der Waals surface area (Å²) in [4.78, 5) is 0. The van der Waals surface area contributed by atoms with Crippen LogP contribution in [0.4, 0.5) is 0 Å². The largest absolute Gasteiger partial charge is 0.0607 e. The third kappa shape index (κ3) is 4.32. The fourth-order valence-electron chi connectivity index (χ4n) is 1.69. The molecule has 0 aliphatic heterocycles. The molecule has 0 nitrogen and oxygen atoms in total. The van der Waals surface area contributed by atoms with Crippen LogP contribution in [-0.4, -0.2) is 9.12 Å². The molecule has 0 aliphatic rings. The second kappa shape index (κ2) is 5.35. The molecule has 2 heteroatoms. The van der Waals surface area contributed by atoms with Gasteiger partial charge in [0.25, 0.3) is 0 Å². The topological polar surface area (TPSA) is 0 Å². The van der Waals surface area contributed by atoms with Gasteiger partial charge in [0.15, 0.2) is 0 Å². The first kappa shape index (κ1) is 15.1. The Kier molecular flexibility index (Phi) is 4.75. The fraction of sp³-hybridized carbons (Fsp3) is 0.533. The number of hydrogen-bond acceptors (Lipinski definition) is 0. The molecule has 0 atom stereocenters. The summed E-state index contributed by atoms with van der Waals surface area (Å²) in [7, 11) is 0.293. The molecule has 0 N–H and O–H groups in total. The van der Waals surface area contributed by atoms with Gasteiger partial charge in [0, 0.05) is 9.12 Å². The van der Waals surface area contributed by atoms with Gasteiger partial charge in [0.1, 0.15) is 0 Å². The minimum absolute atomic E-state index is 0.293. The van der Waals surface area contributed by atoms with E-state index in [0.29, 0.717) is 19.9 Å². The average molecular weight is 358 g/mol. The molecule has 0 spiro atoms. The summed E-state index contributed by atoms with van der Waals surface area (Å²) < 4.78 is 2.10. The maximum atomic E-state index is 2.39. The molecule has 1 rings (SSSR count). The molecular weight excluding hydrogens is 335 g/mol. The molecule has 1 aromatic heterocycles. The molecule has 0 saturated heterocycles. The van der Waals surface area contributed by atoms with E-state index < -0.39 is 0 Å². The average Bonchev–Trinajstić information content (AvgIpc) is 2.15. The molecule has 1 heterocycles. The molecule has 0 aromatic carbocycles.